The second kappa shape index (κ2) is 6.14. The van der Waals surface area contributed by atoms with E-state index in [4.69, 9.17) is 4.74 Å². The van der Waals surface area contributed by atoms with Crippen LogP contribution in [0, 0.1) is 0 Å². The molecular weight excluding hydrogens is 274 g/mol. The molecule has 0 fully saturated rings. The Morgan fingerprint density at radius 3 is 2.73 bits per heavy atom. The first kappa shape index (κ1) is 14.5. The van der Waals surface area contributed by atoms with Gasteiger partial charge in [0.25, 0.3) is 0 Å². The minimum Gasteiger partial charge on any atom is -0.495 e. The Bertz CT molecular complexity index is 774. The summed E-state index contributed by atoms with van der Waals surface area (Å²) in [4.78, 5) is 2.94. The third-order valence-electron chi connectivity index (χ3n) is 3.91. The van der Waals surface area contributed by atoms with Crippen molar-refractivity contribution >= 4 is 10.9 Å². The van der Waals surface area contributed by atoms with Gasteiger partial charge in [-0.05, 0) is 35.2 Å². The van der Waals surface area contributed by atoms with Crippen LogP contribution in [-0.4, -0.2) is 16.7 Å². The van der Waals surface area contributed by atoms with Gasteiger partial charge in [-0.1, -0.05) is 38.1 Å². The molecule has 2 N–H and O–H groups in total. The van der Waals surface area contributed by atoms with Crippen molar-refractivity contribution in [3.8, 4) is 11.6 Å². The van der Waals surface area contributed by atoms with Gasteiger partial charge >= 0.3 is 0 Å². The second-order valence-electron chi connectivity index (χ2n) is 5.86. The number of rotatable bonds is 5. The van der Waals surface area contributed by atoms with Gasteiger partial charge in [-0.2, -0.15) is 0 Å². The van der Waals surface area contributed by atoms with Crippen LogP contribution in [0.15, 0.2) is 48.5 Å². The number of benzene rings is 2. The highest BCUT2D eigenvalue weighted by atomic mass is 16.5. The van der Waals surface area contributed by atoms with E-state index in [-0.39, 0.29) is 5.88 Å². The molecule has 0 aliphatic rings. The predicted octanol–water partition coefficient (Wildman–Crippen LogP) is 4.62. The minimum atomic E-state index is 0.202. The maximum absolute atomic E-state index is 9.58. The van der Waals surface area contributed by atoms with Gasteiger partial charge in [-0.15, -0.1) is 0 Å². The second-order valence-corrected chi connectivity index (χ2v) is 5.86. The quantitative estimate of drug-likeness (QED) is 0.721. The number of ether oxygens (including phenoxy) is 1. The highest BCUT2D eigenvalue weighted by molar-refractivity contribution is 5.84. The Morgan fingerprint density at radius 1 is 1.09 bits per heavy atom. The summed E-state index contributed by atoms with van der Waals surface area (Å²) >= 11 is 0. The SMILES string of the molecule is CC(C)c1cccc(OCCc2cccc3[nH]c(O)cc23)c1. The van der Waals surface area contributed by atoms with E-state index in [1.807, 2.05) is 24.3 Å². The summed E-state index contributed by atoms with van der Waals surface area (Å²) < 4.78 is 5.88. The molecule has 1 heterocycles. The number of hydrogen-bond acceptors (Lipinski definition) is 2. The van der Waals surface area contributed by atoms with E-state index in [1.54, 1.807) is 6.07 Å². The molecule has 0 amide bonds. The van der Waals surface area contributed by atoms with Crippen LogP contribution < -0.4 is 4.74 Å². The largest absolute Gasteiger partial charge is 0.495 e. The van der Waals surface area contributed by atoms with E-state index in [0.29, 0.717) is 12.5 Å². The number of H-pyrrole nitrogens is 1. The Kier molecular flexibility index (Phi) is 4.05. The van der Waals surface area contributed by atoms with E-state index in [2.05, 4.69) is 37.0 Å². The maximum atomic E-state index is 9.58. The number of aromatic hydroxyl groups is 1. The van der Waals surface area contributed by atoms with Gasteiger partial charge in [0.15, 0.2) is 5.88 Å². The zero-order chi connectivity index (χ0) is 15.5. The molecule has 0 saturated carbocycles. The van der Waals surface area contributed by atoms with Crippen molar-refractivity contribution in [2.45, 2.75) is 26.2 Å². The Hall–Kier alpha value is -2.42. The first-order valence-corrected chi connectivity index (χ1v) is 7.66. The highest BCUT2D eigenvalue weighted by Crippen LogP contribution is 2.24. The Morgan fingerprint density at radius 2 is 1.91 bits per heavy atom. The topological polar surface area (TPSA) is 45.2 Å². The first-order chi connectivity index (χ1) is 10.6. The lowest BCUT2D eigenvalue weighted by Gasteiger charge is -2.10. The van der Waals surface area contributed by atoms with Gasteiger partial charge in [0.2, 0.25) is 0 Å². The third kappa shape index (κ3) is 3.08. The molecule has 3 nitrogen and oxygen atoms in total. The average Bonchev–Trinajstić information content (AvgIpc) is 2.89. The molecule has 0 spiro atoms. The summed E-state index contributed by atoms with van der Waals surface area (Å²) in [7, 11) is 0. The number of aromatic amines is 1. The predicted molar refractivity (Wildman–Crippen MR) is 89.7 cm³/mol. The monoisotopic (exact) mass is 295 g/mol. The summed E-state index contributed by atoms with van der Waals surface area (Å²) in [5.41, 5.74) is 3.42. The Balaban J connectivity index is 1.68. The van der Waals surface area contributed by atoms with Crippen LogP contribution in [0.4, 0.5) is 0 Å². The van der Waals surface area contributed by atoms with Gasteiger partial charge < -0.3 is 14.8 Å². The van der Waals surface area contributed by atoms with Crippen LogP contribution in [0.5, 0.6) is 11.6 Å². The molecule has 0 bridgehead atoms. The first-order valence-electron chi connectivity index (χ1n) is 7.66. The summed E-state index contributed by atoms with van der Waals surface area (Å²) in [5, 5.41) is 10.6. The van der Waals surface area contributed by atoms with Crippen molar-refractivity contribution in [1.29, 1.82) is 0 Å². The Labute approximate surface area is 130 Å². The van der Waals surface area contributed by atoms with Crippen LogP contribution in [0.1, 0.15) is 30.9 Å². The van der Waals surface area contributed by atoms with Gasteiger partial charge in [0.05, 0.1) is 6.61 Å². The molecular formula is C19H21NO2. The smallest absolute Gasteiger partial charge is 0.189 e. The van der Waals surface area contributed by atoms with Crippen molar-refractivity contribution < 1.29 is 9.84 Å². The lowest BCUT2D eigenvalue weighted by Crippen LogP contribution is -2.02. The molecule has 2 aromatic carbocycles. The summed E-state index contributed by atoms with van der Waals surface area (Å²) in [6.45, 7) is 4.98. The summed E-state index contributed by atoms with van der Waals surface area (Å²) in [5.74, 6) is 1.61. The molecule has 0 atom stereocenters. The van der Waals surface area contributed by atoms with Crippen LogP contribution >= 0.6 is 0 Å². The molecule has 0 radical (unpaired) electrons. The van der Waals surface area contributed by atoms with E-state index in [1.165, 1.54) is 11.1 Å². The maximum Gasteiger partial charge on any atom is 0.189 e. The van der Waals surface area contributed by atoms with E-state index >= 15 is 0 Å². The number of aromatic nitrogens is 1. The van der Waals surface area contributed by atoms with Gasteiger partial charge in [-0.3, -0.25) is 0 Å². The average molecular weight is 295 g/mol. The van der Waals surface area contributed by atoms with Crippen LogP contribution in [0.25, 0.3) is 10.9 Å². The van der Waals surface area contributed by atoms with Crippen molar-refractivity contribution in [3.05, 3.63) is 59.7 Å². The van der Waals surface area contributed by atoms with Crippen LogP contribution in [0.2, 0.25) is 0 Å². The van der Waals surface area contributed by atoms with E-state index in [9.17, 15) is 5.11 Å². The molecule has 22 heavy (non-hydrogen) atoms. The number of hydrogen-bond donors (Lipinski definition) is 2. The zero-order valence-electron chi connectivity index (χ0n) is 13.0. The lowest BCUT2D eigenvalue weighted by molar-refractivity contribution is 0.322. The number of fused-ring (bicyclic) bond motifs is 1. The molecule has 0 unspecified atom stereocenters. The lowest BCUT2D eigenvalue weighted by atomic mass is 10.0. The van der Waals surface area contributed by atoms with E-state index < -0.39 is 0 Å². The molecule has 1 aromatic heterocycles. The molecule has 3 rings (SSSR count). The third-order valence-corrected chi connectivity index (χ3v) is 3.91. The standard InChI is InChI=1S/C19H21NO2/c1-13(2)15-6-3-7-16(11-15)22-10-9-14-5-4-8-18-17(14)12-19(21)20-18/h3-8,11-13,20-21H,9-10H2,1-2H3. The van der Waals surface area contributed by atoms with E-state index in [0.717, 1.165) is 23.1 Å². The summed E-state index contributed by atoms with van der Waals surface area (Å²) in [6, 6.07) is 16.1. The van der Waals surface area contributed by atoms with Crippen molar-refractivity contribution in [3.63, 3.8) is 0 Å². The van der Waals surface area contributed by atoms with Crippen LogP contribution in [-0.2, 0) is 6.42 Å². The normalized spacial score (nSPS) is 11.2. The van der Waals surface area contributed by atoms with Crippen molar-refractivity contribution in [2.24, 2.45) is 0 Å². The molecule has 0 aliphatic heterocycles. The van der Waals surface area contributed by atoms with Crippen molar-refractivity contribution in [1.82, 2.24) is 4.98 Å². The fourth-order valence-corrected chi connectivity index (χ4v) is 2.66. The molecule has 3 heteroatoms. The molecule has 0 saturated heterocycles. The zero-order valence-corrected chi connectivity index (χ0v) is 13.0. The highest BCUT2D eigenvalue weighted by Gasteiger charge is 2.05. The van der Waals surface area contributed by atoms with Gasteiger partial charge in [0.1, 0.15) is 5.75 Å². The molecule has 3 aromatic rings. The van der Waals surface area contributed by atoms with Gasteiger partial charge in [-0.25, -0.2) is 0 Å². The minimum absolute atomic E-state index is 0.202. The van der Waals surface area contributed by atoms with Crippen LogP contribution in [0.3, 0.4) is 0 Å². The molecule has 114 valence electrons. The fraction of sp³-hybridized carbons (Fsp3) is 0.263. The summed E-state index contributed by atoms with van der Waals surface area (Å²) in [6.07, 6.45) is 0.806. The fourth-order valence-electron chi connectivity index (χ4n) is 2.66. The number of nitrogens with one attached hydrogen (secondary N) is 1. The molecule has 0 aliphatic carbocycles. The van der Waals surface area contributed by atoms with Gasteiger partial charge in [0, 0.05) is 23.4 Å². The van der Waals surface area contributed by atoms with Crippen molar-refractivity contribution in [2.75, 3.05) is 6.61 Å².